The van der Waals surface area contributed by atoms with Crippen LogP contribution in [-0.2, 0) is 16.2 Å². The maximum Gasteiger partial charge on any atom is 0.329 e. The average Bonchev–Trinajstić information content (AvgIpc) is 3.12. The van der Waals surface area contributed by atoms with E-state index in [9.17, 15) is 24.5 Å². The van der Waals surface area contributed by atoms with Crippen molar-refractivity contribution in [2.24, 2.45) is 0 Å². The summed E-state index contributed by atoms with van der Waals surface area (Å²) in [7, 11) is 0. The van der Waals surface area contributed by atoms with E-state index in [2.05, 4.69) is 10.6 Å². The van der Waals surface area contributed by atoms with Gasteiger partial charge in [0.2, 0.25) is 5.91 Å². The van der Waals surface area contributed by atoms with Crippen molar-refractivity contribution in [3.05, 3.63) is 105 Å². The van der Waals surface area contributed by atoms with E-state index in [0.717, 1.165) is 10.5 Å². The normalized spacial score (nSPS) is 14.0. The quantitative estimate of drug-likeness (QED) is 0.214. The number of benzene rings is 3. The van der Waals surface area contributed by atoms with Gasteiger partial charge in [0.05, 0.1) is 4.92 Å². The molecule has 10 nitrogen and oxygen atoms in total. The lowest BCUT2D eigenvalue weighted by Gasteiger charge is -2.12. The molecule has 0 spiro atoms. The van der Waals surface area contributed by atoms with E-state index in [4.69, 9.17) is 4.74 Å². The zero-order valence-corrected chi connectivity index (χ0v) is 19.3. The Morgan fingerprint density at radius 3 is 2.50 bits per heavy atom. The molecule has 0 atom stereocenters. The van der Waals surface area contributed by atoms with Crippen molar-refractivity contribution in [3.8, 4) is 5.75 Å². The van der Waals surface area contributed by atoms with Crippen LogP contribution in [0.2, 0.25) is 0 Å². The van der Waals surface area contributed by atoms with Crippen LogP contribution in [0.25, 0.3) is 6.08 Å². The lowest BCUT2D eigenvalue weighted by Crippen LogP contribution is -2.38. The number of carbonyl (C=O) groups is 3. The number of imide groups is 1. The van der Waals surface area contributed by atoms with Crippen LogP contribution in [0.15, 0.2) is 78.5 Å². The van der Waals surface area contributed by atoms with Gasteiger partial charge >= 0.3 is 6.03 Å². The summed E-state index contributed by atoms with van der Waals surface area (Å²) < 4.78 is 5.67. The van der Waals surface area contributed by atoms with E-state index >= 15 is 0 Å². The van der Waals surface area contributed by atoms with Crippen LogP contribution in [0.4, 0.5) is 16.2 Å². The Morgan fingerprint density at radius 1 is 1.08 bits per heavy atom. The number of nitrogens with one attached hydrogen (secondary N) is 2. The third kappa shape index (κ3) is 5.92. The Kier molecular flexibility index (Phi) is 7.05. The van der Waals surface area contributed by atoms with Crippen molar-refractivity contribution in [2.45, 2.75) is 13.5 Å². The third-order valence-corrected chi connectivity index (χ3v) is 5.32. The average molecular weight is 486 g/mol. The van der Waals surface area contributed by atoms with Gasteiger partial charge in [0.1, 0.15) is 24.6 Å². The Morgan fingerprint density at radius 2 is 1.81 bits per heavy atom. The fourth-order valence-electron chi connectivity index (χ4n) is 3.45. The molecule has 1 heterocycles. The summed E-state index contributed by atoms with van der Waals surface area (Å²) in [6.07, 6.45) is 1.50. The van der Waals surface area contributed by atoms with Crippen molar-refractivity contribution in [2.75, 3.05) is 11.9 Å². The van der Waals surface area contributed by atoms with E-state index in [1.165, 1.54) is 18.2 Å². The maximum atomic E-state index is 12.7. The number of hydrogen-bond acceptors (Lipinski definition) is 6. The second-order valence-corrected chi connectivity index (χ2v) is 8.08. The number of amides is 4. The smallest absolute Gasteiger partial charge is 0.329 e. The zero-order chi connectivity index (χ0) is 25.7. The van der Waals surface area contributed by atoms with Crippen LogP contribution in [0.5, 0.6) is 5.75 Å². The van der Waals surface area contributed by atoms with Crippen LogP contribution in [-0.4, -0.2) is 34.2 Å². The molecule has 1 fully saturated rings. The van der Waals surface area contributed by atoms with Crippen LogP contribution in [0, 0.1) is 17.0 Å². The molecule has 10 heteroatoms. The highest BCUT2D eigenvalue weighted by Gasteiger charge is 2.34. The number of nitro groups is 1. The van der Waals surface area contributed by atoms with E-state index in [1.54, 1.807) is 48.5 Å². The minimum Gasteiger partial charge on any atom is -0.489 e. The molecule has 0 radical (unpaired) electrons. The van der Waals surface area contributed by atoms with E-state index in [1.807, 2.05) is 19.1 Å². The van der Waals surface area contributed by atoms with E-state index in [0.29, 0.717) is 22.6 Å². The van der Waals surface area contributed by atoms with E-state index < -0.39 is 29.3 Å². The van der Waals surface area contributed by atoms with Gasteiger partial charge in [0, 0.05) is 17.8 Å². The van der Waals surface area contributed by atoms with Gasteiger partial charge in [-0.1, -0.05) is 42.0 Å². The van der Waals surface area contributed by atoms with Crippen molar-refractivity contribution < 1.29 is 24.0 Å². The number of nitro benzene ring substituents is 1. The van der Waals surface area contributed by atoms with Crippen molar-refractivity contribution >= 4 is 35.3 Å². The van der Waals surface area contributed by atoms with Crippen LogP contribution >= 0.6 is 0 Å². The molecule has 0 saturated carbocycles. The summed E-state index contributed by atoms with van der Waals surface area (Å²) in [5, 5.41) is 16.0. The second-order valence-electron chi connectivity index (χ2n) is 8.08. The minimum absolute atomic E-state index is 0.0111. The largest absolute Gasteiger partial charge is 0.489 e. The first-order valence-electron chi connectivity index (χ1n) is 11.0. The SMILES string of the molecule is Cc1ccc(NC(=O)CN2C(=O)NC(=Cc3ccc(OCc4cccc([N+](=O)[O-])c4)cc3)C2=O)cc1. The van der Waals surface area contributed by atoms with Crippen LogP contribution in [0.1, 0.15) is 16.7 Å². The van der Waals surface area contributed by atoms with E-state index in [-0.39, 0.29) is 18.0 Å². The number of ether oxygens (including phenoxy) is 1. The Balaban J connectivity index is 1.35. The molecule has 0 unspecified atom stereocenters. The molecule has 2 N–H and O–H groups in total. The van der Waals surface area contributed by atoms with Crippen molar-refractivity contribution in [1.29, 1.82) is 0 Å². The molecule has 0 aliphatic carbocycles. The highest BCUT2D eigenvalue weighted by molar-refractivity contribution is 6.15. The highest BCUT2D eigenvalue weighted by atomic mass is 16.6. The first kappa shape index (κ1) is 24.1. The van der Waals surface area contributed by atoms with Crippen molar-refractivity contribution in [3.63, 3.8) is 0 Å². The first-order valence-corrected chi connectivity index (χ1v) is 11.0. The summed E-state index contributed by atoms with van der Waals surface area (Å²) in [5.74, 6) is -0.571. The van der Waals surface area contributed by atoms with Gasteiger partial charge in [-0.25, -0.2) is 9.69 Å². The number of non-ortho nitro benzene ring substituents is 1. The summed E-state index contributed by atoms with van der Waals surface area (Å²) in [6, 6.07) is 19.4. The molecular formula is C26H22N4O6. The first-order chi connectivity index (χ1) is 17.3. The lowest BCUT2D eigenvalue weighted by atomic mass is 10.2. The molecular weight excluding hydrogens is 464 g/mol. The molecule has 1 saturated heterocycles. The number of hydrogen-bond donors (Lipinski definition) is 2. The van der Waals surface area contributed by atoms with Gasteiger partial charge < -0.3 is 15.4 Å². The second kappa shape index (κ2) is 10.5. The third-order valence-electron chi connectivity index (χ3n) is 5.32. The molecule has 3 aromatic rings. The number of carbonyl (C=O) groups excluding carboxylic acids is 3. The number of anilines is 1. The fraction of sp³-hybridized carbons (Fsp3) is 0.115. The standard InChI is InChI=1S/C26H22N4O6/c1-17-5-9-20(10-6-17)27-24(31)15-29-25(32)23(28-26(29)33)14-18-7-11-22(12-8-18)36-16-19-3-2-4-21(13-19)30(34)35/h2-14H,15-16H2,1H3,(H,27,31)(H,28,33). The summed E-state index contributed by atoms with van der Waals surface area (Å²) in [6.45, 7) is 1.66. The van der Waals surface area contributed by atoms with Crippen LogP contribution < -0.4 is 15.4 Å². The highest BCUT2D eigenvalue weighted by Crippen LogP contribution is 2.20. The molecule has 0 bridgehead atoms. The fourth-order valence-corrected chi connectivity index (χ4v) is 3.45. The van der Waals surface area contributed by atoms with Crippen LogP contribution in [0.3, 0.4) is 0 Å². The van der Waals surface area contributed by atoms with Crippen molar-refractivity contribution in [1.82, 2.24) is 10.2 Å². The van der Waals surface area contributed by atoms with Gasteiger partial charge in [0.25, 0.3) is 11.6 Å². The summed E-state index contributed by atoms with van der Waals surface area (Å²) in [5.41, 5.74) is 2.94. The predicted octanol–water partition coefficient (Wildman–Crippen LogP) is 4.01. The number of aryl methyl sites for hydroxylation is 1. The minimum atomic E-state index is -0.679. The van der Waals surface area contributed by atoms with Gasteiger partial charge in [0.15, 0.2) is 0 Å². The topological polar surface area (TPSA) is 131 Å². The number of rotatable bonds is 8. The molecule has 4 amide bonds. The monoisotopic (exact) mass is 486 g/mol. The predicted molar refractivity (Wildman–Crippen MR) is 132 cm³/mol. The molecule has 1 aliphatic heterocycles. The zero-order valence-electron chi connectivity index (χ0n) is 19.3. The number of nitrogens with zero attached hydrogens (tertiary/aromatic N) is 2. The van der Waals surface area contributed by atoms with Gasteiger partial charge in [-0.15, -0.1) is 0 Å². The summed E-state index contributed by atoms with van der Waals surface area (Å²) >= 11 is 0. The molecule has 3 aromatic carbocycles. The Labute approximate surface area is 206 Å². The lowest BCUT2D eigenvalue weighted by molar-refractivity contribution is -0.384. The van der Waals surface area contributed by atoms with Gasteiger partial charge in [-0.2, -0.15) is 0 Å². The molecule has 4 rings (SSSR count). The summed E-state index contributed by atoms with van der Waals surface area (Å²) in [4.78, 5) is 48.5. The Bertz CT molecular complexity index is 1350. The van der Waals surface area contributed by atoms with Gasteiger partial charge in [-0.05, 0) is 48.4 Å². The number of urea groups is 1. The molecule has 182 valence electrons. The Hall–Kier alpha value is -4.99. The molecule has 0 aromatic heterocycles. The van der Waals surface area contributed by atoms with Gasteiger partial charge in [-0.3, -0.25) is 19.7 Å². The molecule has 36 heavy (non-hydrogen) atoms. The molecule has 1 aliphatic rings. The maximum absolute atomic E-state index is 12.7.